The summed E-state index contributed by atoms with van der Waals surface area (Å²) in [6, 6.07) is 27.2. The van der Waals surface area contributed by atoms with Crippen molar-refractivity contribution in [1.29, 1.82) is 0 Å². The largest absolute Gasteiger partial charge is 0.332 e. The lowest BCUT2D eigenvalue weighted by Crippen LogP contribution is -2.19. The molecule has 1 amide bonds. The molecule has 0 bridgehead atoms. The van der Waals surface area contributed by atoms with Crippen molar-refractivity contribution in [2.45, 2.75) is 12.8 Å². The maximum atomic E-state index is 12.2. The number of rotatable bonds is 6. The molecule has 0 aliphatic heterocycles. The molecule has 3 aromatic rings. The van der Waals surface area contributed by atoms with Gasteiger partial charge in [-0.2, -0.15) is 0 Å². The molecule has 0 aromatic heterocycles. The zero-order valence-electron chi connectivity index (χ0n) is 14.8. The maximum absolute atomic E-state index is 12.2. The standard InChI is InChI=1S/C22H21N3OS/c26-21(15-14-17-8-3-1-4-9-17)23-19-12-7-13-20(16-19)25-22(27)24-18-10-5-2-6-11-18/h1-13,16H,14-15H2,(H,23,26)(H2,24,25,27). The van der Waals surface area contributed by atoms with E-state index in [4.69, 9.17) is 12.2 Å². The Morgan fingerprint density at radius 3 is 1.96 bits per heavy atom. The Bertz CT molecular complexity index is 898. The average Bonchev–Trinajstić information content (AvgIpc) is 2.68. The van der Waals surface area contributed by atoms with Gasteiger partial charge in [-0.3, -0.25) is 4.79 Å². The van der Waals surface area contributed by atoms with Gasteiger partial charge in [-0.05, 0) is 54.5 Å². The lowest BCUT2D eigenvalue weighted by atomic mass is 10.1. The number of hydrogen-bond donors (Lipinski definition) is 3. The molecule has 136 valence electrons. The quantitative estimate of drug-likeness (QED) is 0.527. The highest BCUT2D eigenvalue weighted by atomic mass is 32.1. The van der Waals surface area contributed by atoms with Crippen LogP contribution in [-0.4, -0.2) is 11.0 Å². The molecule has 5 heteroatoms. The first-order chi connectivity index (χ1) is 13.2. The highest BCUT2D eigenvalue weighted by Crippen LogP contribution is 2.16. The second kappa shape index (κ2) is 9.50. The highest BCUT2D eigenvalue weighted by molar-refractivity contribution is 7.80. The van der Waals surface area contributed by atoms with Crippen LogP contribution in [0.4, 0.5) is 17.1 Å². The van der Waals surface area contributed by atoms with Crippen LogP contribution in [0, 0.1) is 0 Å². The Labute approximate surface area is 164 Å². The van der Waals surface area contributed by atoms with Crippen molar-refractivity contribution >= 4 is 40.3 Å². The fourth-order valence-corrected chi connectivity index (χ4v) is 2.85. The predicted octanol–water partition coefficient (Wildman–Crippen LogP) is 5.07. The smallest absolute Gasteiger partial charge is 0.224 e. The van der Waals surface area contributed by atoms with E-state index in [9.17, 15) is 4.79 Å². The third-order valence-electron chi connectivity index (χ3n) is 3.92. The van der Waals surface area contributed by atoms with Crippen LogP contribution in [0.1, 0.15) is 12.0 Å². The summed E-state index contributed by atoms with van der Waals surface area (Å²) in [5.74, 6) is -0.0130. The van der Waals surface area contributed by atoms with E-state index in [-0.39, 0.29) is 5.91 Å². The SMILES string of the molecule is O=C(CCc1ccccc1)Nc1cccc(NC(=S)Nc2ccccc2)c1. The number of carbonyl (C=O) groups excluding carboxylic acids is 1. The van der Waals surface area contributed by atoms with Gasteiger partial charge in [0.05, 0.1) is 0 Å². The molecule has 0 saturated carbocycles. The van der Waals surface area contributed by atoms with Crippen LogP contribution < -0.4 is 16.0 Å². The predicted molar refractivity (Wildman–Crippen MR) is 116 cm³/mol. The molecule has 4 nitrogen and oxygen atoms in total. The van der Waals surface area contributed by atoms with Crippen molar-refractivity contribution in [3.05, 3.63) is 90.5 Å². The minimum Gasteiger partial charge on any atom is -0.332 e. The third-order valence-corrected chi connectivity index (χ3v) is 4.12. The van der Waals surface area contributed by atoms with Crippen molar-refractivity contribution in [2.75, 3.05) is 16.0 Å². The molecule has 0 heterocycles. The second-order valence-electron chi connectivity index (χ2n) is 6.06. The number of benzene rings is 3. The van der Waals surface area contributed by atoms with Gasteiger partial charge in [-0.15, -0.1) is 0 Å². The van der Waals surface area contributed by atoms with Gasteiger partial charge in [-0.25, -0.2) is 0 Å². The summed E-state index contributed by atoms with van der Waals surface area (Å²) >= 11 is 5.34. The molecule has 3 rings (SSSR count). The van der Waals surface area contributed by atoms with Crippen molar-refractivity contribution in [2.24, 2.45) is 0 Å². The molecule has 0 fully saturated rings. The van der Waals surface area contributed by atoms with Gasteiger partial charge in [0.1, 0.15) is 0 Å². The van der Waals surface area contributed by atoms with E-state index in [0.717, 1.165) is 29.0 Å². The van der Waals surface area contributed by atoms with Crippen LogP contribution >= 0.6 is 12.2 Å². The van der Waals surface area contributed by atoms with Crippen LogP contribution in [0.2, 0.25) is 0 Å². The summed E-state index contributed by atoms with van der Waals surface area (Å²) < 4.78 is 0. The summed E-state index contributed by atoms with van der Waals surface area (Å²) in [6.07, 6.45) is 1.16. The Balaban J connectivity index is 1.52. The summed E-state index contributed by atoms with van der Waals surface area (Å²) in [6.45, 7) is 0. The van der Waals surface area contributed by atoms with Gasteiger partial charge in [0, 0.05) is 23.5 Å². The van der Waals surface area contributed by atoms with Gasteiger partial charge in [-0.1, -0.05) is 54.6 Å². The summed E-state index contributed by atoms with van der Waals surface area (Å²) in [7, 11) is 0. The van der Waals surface area contributed by atoms with Crippen LogP contribution in [0.25, 0.3) is 0 Å². The molecule has 3 N–H and O–H groups in total. The molecular formula is C22H21N3OS. The minimum absolute atomic E-state index is 0.0130. The Hall–Kier alpha value is -3.18. The Morgan fingerprint density at radius 1 is 0.704 bits per heavy atom. The highest BCUT2D eigenvalue weighted by Gasteiger charge is 2.05. The van der Waals surface area contributed by atoms with Gasteiger partial charge in [0.2, 0.25) is 5.91 Å². The fourth-order valence-electron chi connectivity index (χ4n) is 2.62. The molecule has 0 atom stereocenters. The second-order valence-corrected chi connectivity index (χ2v) is 6.47. The molecule has 0 saturated heterocycles. The lowest BCUT2D eigenvalue weighted by Gasteiger charge is -2.12. The third kappa shape index (κ3) is 6.24. The van der Waals surface area contributed by atoms with Gasteiger partial charge < -0.3 is 16.0 Å². The van der Waals surface area contributed by atoms with Crippen LogP contribution in [0.5, 0.6) is 0 Å². The van der Waals surface area contributed by atoms with Gasteiger partial charge >= 0.3 is 0 Å². The van der Waals surface area contributed by atoms with Crippen molar-refractivity contribution in [3.8, 4) is 0 Å². The molecule has 0 aliphatic rings. The van der Waals surface area contributed by atoms with Crippen molar-refractivity contribution in [1.82, 2.24) is 0 Å². The number of anilines is 3. The maximum Gasteiger partial charge on any atom is 0.224 e. The van der Waals surface area contributed by atoms with E-state index in [0.29, 0.717) is 11.5 Å². The molecule has 3 aromatic carbocycles. The normalized spacial score (nSPS) is 10.1. The van der Waals surface area contributed by atoms with Crippen molar-refractivity contribution in [3.63, 3.8) is 0 Å². The Morgan fingerprint density at radius 2 is 1.26 bits per heavy atom. The molecule has 0 spiro atoms. The molecule has 0 unspecified atom stereocenters. The molecule has 0 aliphatic carbocycles. The number of carbonyl (C=O) groups is 1. The molecular weight excluding hydrogens is 354 g/mol. The van der Waals surface area contributed by atoms with Crippen LogP contribution in [-0.2, 0) is 11.2 Å². The zero-order valence-corrected chi connectivity index (χ0v) is 15.6. The topological polar surface area (TPSA) is 53.2 Å². The van der Waals surface area contributed by atoms with Crippen LogP contribution in [0.3, 0.4) is 0 Å². The van der Waals surface area contributed by atoms with E-state index in [2.05, 4.69) is 16.0 Å². The summed E-state index contributed by atoms with van der Waals surface area (Å²) in [5, 5.41) is 9.68. The first-order valence-corrected chi connectivity index (χ1v) is 9.17. The molecule has 0 radical (unpaired) electrons. The lowest BCUT2D eigenvalue weighted by molar-refractivity contribution is -0.116. The fraction of sp³-hybridized carbons (Fsp3) is 0.0909. The summed E-state index contributed by atoms with van der Waals surface area (Å²) in [5.41, 5.74) is 3.62. The zero-order chi connectivity index (χ0) is 18.9. The number of amides is 1. The monoisotopic (exact) mass is 375 g/mol. The number of nitrogens with one attached hydrogen (secondary N) is 3. The van der Waals surface area contributed by atoms with E-state index in [1.807, 2.05) is 84.9 Å². The number of hydrogen-bond acceptors (Lipinski definition) is 2. The number of para-hydroxylation sites is 1. The number of aryl methyl sites for hydroxylation is 1. The molecule has 27 heavy (non-hydrogen) atoms. The first-order valence-electron chi connectivity index (χ1n) is 8.76. The van der Waals surface area contributed by atoms with E-state index < -0.39 is 0 Å². The minimum atomic E-state index is -0.0130. The summed E-state index contributed by atoms with van der Waals surface area (Å²) in [4.78, 5) is 12.2. The Kier molecular flexibility index (Phi) is 6.55. The van der Waals surface area contributed by atoms with E-state index in [1.54, 1.807) is 0 Å². The van der Waals surface area contributed by atoms with E-state index >= 15 is 0 Å². The number of thiocarbonyl (C=S) groups is 1. The average molecular weight is 375 g/mol. The van der Waals surface area contributed by atoms with Gasteiger partial charge in [0.15, 0.2) is 5.11 Å². The van der Waals surface area contributed by atoms with Crippen LogP contribution in [0.15, 0.2) is 84.9 Å². The first kappa shape index (κ1) is 18.6. The van der Waals surface area contributed by atoms with E-state index in [1.165, 1.54) is 0 Å². The van der Waals surface area contributed by atoms with Crippen molar-refractivity contribution < 1.29 is 4.79 Å². The van der Waals surface area contributed by atoms with Gasteiger partial charge in [0.25, 0.3) is 0 Å².